The Balaban J connectivity index is 1.99. The molecule has 1 unspecified atom stereocenters. The van der Waals surface area contributed by atoms with Gasteiger partial charge in [-0.25, -0.2) is 0 Å². The van der Waals surface area contributed by atoms with Crippen molar-refractivity contribution in [1.29, 1.82) is 0 Å². The van der Waals surface area contributed by atoms with E-state index in [1.54, 1.807) is 12.1 Å². The Morgan fingerprint density at radius 3 is 2.65 bits per heavy atom. The minimum atomic E-state index is -3.65. The van der Waals surface area contributed by atoms with E-state index in [2.05, 4.69) is 0 Å². The van der Waals surface area contributed by atoms with Gasteiger partial charge in [0.25, 0.3) is 0 Å². The Morgan fingerprint density at radius 2 is 1.96 bits per heavy atom. The SMILES string of the molecule is O=C(O)C1CCN(S(=O)(=O)N2CC=CCC2)c2ccccc2C1. The Labute approximate surface area is 136 Å². The van der Waals surface area contributed by atoms with Crippen molar-refractivity contribution >= 4 is 21.9 Å². The van der Waals surface area contributed by atoms with Crippen molar-refractivity contribution in [3.63, 3.8) is 0 Å². The van der Waals surface area contributed by atoms with Crippen LogP contribution in [0.4, 0.5) is 5.69 Å². The second kappa shape index (κ2) is 6.33. The van der Waals surface area contributed by atoms with Crippen molar-refractivity contribution in [1.82, 2.24) is 4.31 Å². The molecule has 1 aromatic carbocycles. The van der Waals surface area contributed by atoms with E-state index in [1.807, 2.05) is 24.3 Å². The van der Waals surface area contributed by atoms with Crippen LogP contribution < -0.4 is 4.31 Å². The summed E-state index contributed by atoms with van der Waals surface area (Å²) in [6.07, 6.45) is 5.20. The van der Waals surface area contributed by atoms with E-state index in [4.69, 9.17) is 0 Å². The van der Waals surface area contributed by atoms with E-state index in [9.17, 15) is 18.3 Å². The van der Waals surface area contributed by atoms with Crippen LogP contribution in [0.15, 0.2) is 36.4 Å². The maximum Gasteiger partial charge on any atom is 0.306 e. The van der Waals surface area contributed by atoms with E-state index in [0.717, 1.165) is 5.56 Å². The number of aliphatic carboxylic acids is 1. The van der Waals surface area contributed by atoms with Crippen molar-refractivity contribution in [3.05, 3.63) is 42.0 Å². The summed E-state index contributed by atoms with van der Waals surface area (Å²) in [5, 5.41) is 9.34. The minimum absolute atomic E-state index is 0.191. The Hall–Kier alpha value is -1.86. The molecular weight excluding hydrogens is 316 g/mol. The summed E-state index contributed by atoms with van der Waals surface area (Å²) in [4.78, 5) is 11.4. The smallest absolute Gasteiger partial charge is 0.306 e. The third-order valence-electron chi connectivity index (χ3n) is 4.38. The third kappa shape index (κ3) is 3.11. The molecule has 0 amide bonds. The van der Waals surface area contributed by atoms with E-state index < -0.39 is 22.1 Å². The number of nitrogens with zero attached hydrogens (tertiary/aromatic N) is 2. The van der Waals surface area contributed by atoms with Gasteiger partial charge in [0.15, 0.2) is 0 Å². The van der Waals surface area contributed by atoms with Crippen LogP contribution in [0.3, 0.4) is 0 Å². The second-order valence-electron chi connectivity index (χ2n) is 5.85. The topological polar surface area (TPSA) is 77.9 Å². The van der Waals surface area contributed by atoms with Gasteiger partial charge in [-0.3, -0.25) is 9.10 Å². The summed E-state index contributed by atoms with van der Waals surface area (Å²) >= 11 is 0. The standard InChI is InChI=1S/C16H20N2O4S/c19-16(20)14-8-11-18(15-7-3-2-6-13(15)12-14)23(21,22)17-9-4-1-5-10-17/h1-4,6-7,14H,5,8-12H2,(H,19,20). The summed E-state index contributed by atoms with van der Waals surface area (Å²) < 4.78 is 28.8. The van der Waals surface area contributed by atoms with Crippen molar-refractivity contribution < 1.29 is 18.3 Å². The average Bonchev–Trinajstić information content (AvgIpc) is 2.75. The summed E-state index contributed by atoms with van der Waals surface area (Å²) in [6.45, 7) is 1.01. The molecule has 1 N–H and O–H groups in total. The highest BCUT2D eigenvalue weighted by Crippen LogP contribution is 2.32. The molecule has 2 aliphatic heterocycles. The Morgan fingerprint density at radius 1 is 1.17 bits per heavy atom. The first kappa shape index (κ1) is 16.0. The maximum absolute atomic E-state index is 13.0. The highest BCUT2D eigenvalue weighted by atomic mass is 32.2. The van der Waals surface area contributed by atoms with Gasteiger partial charge >= 0.3 is 16.2 Å². The van der Waals surface area contributed by atoms with Crippen LogP contribution >= 0.6 is 0 Å². The molecule has 3 rings (SSSR count). The Bertz CT molecular complexity index is 729. The zero-order chi connectivity index (χ0) is 16.4. The first-order valence-corrected chi connectivity index (χ1v) is 9.13. The maximum atomic E-state index is 13.0. The first-order valence-electron chi connectivity index (χ1n) is 7.73. The molecule has 0 fully saturated rings. The molecule has 2 aliphatic rings. The number of carboxylic acids is 1. The minimum Gasteiger partial charge on any atom is -0.481 e. The van der Waals surface area contributed by atoms with E-state index in [0.29, 0.717) is 38.0 Å². The van der Waals surface area contributed by atoms with E-state index in [1.165, 1.54) is 8.61 Å². The fraction of sp³-hybridized carbons (Fsp3) is 0.438. The Kier molecular flexibility index (Phi) is 4.41. The summed E-state index contributed by atoms with van der Waals surface area (Å²) in [5.41, 5.74) is 1.37. The monoisotopic (exact) mass is 336 g/mol. The summed E-state index contributed by atoms with van der Waals surface area (Å²) in [6, 6.07) is 7.18. The van der Waals surface area contributed by atoms with Crippen LogP contribution in [0.1, 0.15) is 18.4 Å². The van der Waals surface area contributed by atoms with Crippen molar-refractivity contribution in [2.75, 3.05) is 23.9 Å². The number of carboxylic acid groups (broad SMARTS) is 1. The molecule has 0 spiro atoms. The number of anilines is 1. The molecule has 1 aromatic rings. The molecule has 124 valence electrons. The fourth-order valence-electron chi connectivity index (χ4n) is 3.11. The molecule has 0 saturated heterocycles. The average molecular weight is 336 g/mol. The molecular formula is C16H20N2O4S. The molecule has 2 heterocycles. The van der Waals surface area contributed by atoms with Gasteiger partial charge in [-0.1, -0.05) is 30.4 Å². The number of para-hydroxylation sites is 1. The predicted molar refractivity (Wildman–Crippen MR) is 87.5 cm³/mol. The van der Waals surface area contributed by atoms with Gasteiger partial charge in [-0.2, -0.15) is 12.7 Å². The van der Waals surface area contributed by atoms with Crippen LogP contribution in [-0.2, 0) is 21.4 Å². The van der Waals surface area contributed by atoms with Crippen molar-refractivity contribution in [3.8, 4) is 0 Å². The lowest BCUT2D eigenvalue weighted by Crippen LogP contribution is -2.45. The van der Waals surface area contributed by atoms with Crippen LogP contribution in [0, 0.1) is 5.92 Å². The second-order valence-corrected chi connectivity index (χ2v) is 7.71. The highest BCUT2D eigenvalue weighted by Gasteiger charge is 2.35. The van der Waals surface area contributed by atoms with Crippen molar-refractivity contribution in [2.24, 2.45) is 5.92 Å². The lowest BCUT2D eigenvalue weighted by molar-refractivity contribution is -0.141. The van der Waals surface area contributed by atoms with Crippen LogP contribution in [0.2, 0.25) is 0 Å². The molecule has 1 atom stereocenters. The number of hydrogen-bond acceptors (Lipinski definition) is 3. The van der Waals surface area contributed by atoms with Gasteiger partial charge in [0.05, 0.1) is 11.6 Å². The van der Waals surface area contributed by atoms with Gasteiger partial charge in [-0.05, 0) is 30.9 Å². The van der Waals surface area contributed by atoms with Crippen LogP contribution in [0.5, 0.6) is 0 Å². The quantitative estimate of drug-likeness (QED) is 0.851. The number of carbonyl (C=O) groups is 1. The van der Waals surface area contributed by atoms with Gasteiger partial charge in [-0.15, -0.1) is 0 Å². The molecule has 0 saturated carbocycles. The van der Waals surface area contributed by atoms with Gasteiger partial charge < -0.3 is 5.11 Å². The lowest BCUT2D eigenvalue weighted by Gasteiger charge is -2.31. The van der Waals surface area contributed by atoms with Crippen molar-refractivity contribution in [2.45, 2.75) is 19.3 Å². The van der Waals surface area contributed by atoms with E-state index >= 15 is 0 Å². The van der Waals surface area contributed by atoms with Gasteiger partial charge in [0.1, 0.15) is 0 Å². The molecule has 0 aromatic heterocycles. The summed E-state index contributed by atoms with van der Waals surface area (Å²) in [7, 11) is -3.65. The highest BCUT2D eigenvalue weighted by molar-refractivity contribution is 7.90. The predicted octanol–water partition coefficient (Wildman–Crippen LogP) is 1.65. The number of benzene rings is 1. The first-order chi connectivity index (χ1) is 11.0. The van der Waals surface area contributed by atoms with Gasteiger partial charge in [0, 0.05) is 19.6 Å². The molecule has 0 aliphatic carbocycles. The molecule has 0 bridgehead atoms. The zero-order valence-corrected chi connectivity index (χ0v) is 13.6. The molecule has 23 heavy (non-hydrogen) atoms. The number of hydrogen-bond donors (Lipinski definition) is 1. The number of rotatable bonds is 3. The largest absolute Gasteiger partial charge is 0.481 e. The molecule has 7 heteroatoms. The number of fused-ring (bicyclic) bond motifs is 1. The lowest BCUT2D eigenvalue weighted by atomic mass is 9.97. The normalized spacial score (nSPS) is 22.4. The van der Waals surface area contributed by atoms with E-state index in [-0.39, 0.29) is 6.54 Å². The summed E-state index contributed by atoms with van der Waals surface area (Å²) in [5.74, 6) is -1.43. The molecule has 6 nitrogen and oxygen atoms in total. The third-order valence-corrected chi connectivity index (χ3v) is 6.30. The van der Waals surface area contributed by atoms with Crippen LogP contribution in [0.25, 0.3) is 0 Å². The van der Waals surface area contributed by atoms with Gasteiger partial charge in [0.2, 0.25) is 0 Å². The fourth-order valence-corrected chi connectivity index (χ4v) is 4.76. The van der Waals surface area contributed by atoms with Crippen LogP contribution in [-0.4, -0.2) is 43.4 Å². The zero-order valence-electron chi connectivity index (χ0n) is 12.8. The molecule has 0 radical (unpaired) electrons.